The van der Waals surface area contributed by atoms with Crippen LogP contribution in [0, 0.1) is 0 Å². The van der Waals surface area contributed by atoms with Crippen LogP contribution in [0.1, 0.15) is 27.9 Å². The molecule has 194 valence electrons. The van der Waals surface area contributed by atoms with Crippen LogP contribution in [0.2, 0.25) is 5.02 Å². The van der Waals surface area contributed by atoms with Crippen molar-refractivity contribution in [1.82, 2.24) is 10.4 Å². The molecule has 0 atom stereocenters. The smallest absolute Gasteiger partial charge is 0.306 e. The van der Waals surface area contributed by atoms with Crippen molar-refractivity contribution >= 4 is 63.8 Å². The number of hydrazine groups is 1. The third-order valence-electron chi connectivity index (χ3n) is 5.20. The van der Waals surface area contributed by atoms with Crippen LogP contribution in [0.3, 0.4) is 0 Å². The number of aliphatic carboxylic acids is 1. The summed E-state index contributed by atoms with van der Waals surface area (Å²) in [5, 5.41) is 10.4. The maximum atomic E-state index is 12.9. The first kappa shape index (κ1) is 27.2. The van der Waals surface area contributed by atoms with Gasteiger partial charge in [0.15, 0.2) is 4.32 Å². The monoisotopic (exact) mass is 568 g/mol. The van der Waals surface area contributed by atoms with E-state index < -0.39 is 17.8 Å². The topological polar surface area (TPSA) is 105 Å². The Bertz CT molecular complexity index is 1380. The predicted molar refractivity (Wildman–Crippen MR) is 149 cm³/mol. The van der Waals surface area contributed by atoms with Crippen molar-refractivity contribution in [1.29, 1.82) is 0 Å². The third-order valence-corrected chi connectivity index (χ3v) is 6.76. The van der Waals surface area contributed by atoms with Crippen LogP contribution in [0.4, 0.5) is 0 Å². The second-order valence-electron chi connectivity index (χ2n) is 7.96. The molecule has 0 saturated carbocycles. The first-order chi connectivity index (χ1) is 18.3. The Hall–Kier alpha value is -3.86. The zero-order valence-electron chi connectivity index (χ0n) is 19.8. The molecule has 3 aromatic carbocycles. The fraction of sp³-hybridized carbons (Fsp3) is 0.111. The zero-order valence-corrected chi connectivity index (χ0v) is 22.1. The summed E-state index contributed by atoms with van der Waals surface area (Å²) in [6, 6.07) is 20.7. The van der Waals surface area contributed by atoms with E-state index in [0.29, 0.717) is 33.6 Å². The lowest BCUT2D eigenvalue weighted by atomic mass is 10.2. The number of nitrogens with one attached hydrogen (secondary N) is 1. The number of carboxylic acid groups (broad SMARTS) is 1. The number of hydrogen-bond donors (Lipinski definition) is 2. The summed E-state index contributed by atoms with van der Waals surface area (Å²) in [5.74, 6) is -0.771. The van der Waals surface area contributed by atoms with E-state index in [1.165, 1.54) is 0 Å². The van der Waals surface area contributed by atoms with Crippen LogP contribution in [-0.2, 0) is 16.2 Å². The van der Waals surface area contributed by atoms with E-state index >= 15 is 0 Å². The molecule has 2 amide bonds. The van der Waals surface area contributed by atoms with Gasteiger partial charge in [0.25, 0.3) is 11.8 Å². The number of halogens is 1. The van der Waals surface area contributed by atoms with E-state index in [1.54, 1.807) is 66.7 Å². The van der Waals surface area contributed by atoms with Crippen LogP contribution in [0.15, 0.2) is 77.7 Å². The number of hydrogen-bond acceptors (Lipinski definition) is 7. The highest BCUT2D eigenvalue weighted by molar-refractivity contribution is 8.26. The van der Waals surface area contributed by atoms with Crippen LogP contribution >= 0.6 is 35.6 Å². The normalized spacial score (nSPS) is 14.0. The maximum Gasteiger partial charge on any atom is 0.306 e. The minimum absolute atomic E-state index is 0.0617. The number of carboxylic acids is 1. The number of ether oxygens (including phenoxy) is 2. The molecule has 0 spiro atoms. The van der Waals surface area contributed by atoms with Crippen LogP contribution in [0.25, 0.3) is 6.08 Å². The molecule has 11 heteroatoms. The van der Waals surface area contributed by atoms with E-state index in [2.05, 4.69) is 5.43 Å². The predicted octanol–water partition coefficient (Wildman–Crippen LogP) is 5.32. The molecule has 1 heterocycles. The van der Waals surface area contributed by atoms with Gasteiger partial charge in [-0.2, -0.15) is 5.01 Å². The van der Waals surface area contributed by atoms with E-state index in [9.17, 15) is 14.4 Å². The summed E-state index contributed by atoms with van der Waals surface area (Å²) in [6.45, 7) is 0.415. The van der Waals surface area contributed by atoms with Crippen molar-refractivity contribution in [2.24, 2.45) is 0 Å². The molecule has 1 fully saturated rings. The van der Waals surface area contributed by atoms with Crippen molar-refractivity contribution < 1.29 is 29.0 Å². The van der Waals surface area contributed by atoms with Gasteiger partial charge in [0, 0.05) is 10.6 Å². The highest BCUT2D eigenvalue weighted by Crippen LogP contribution is 2.32. The van der Waals surface area contributed by atoms with E-state index in [0.717, 1.165) is 27.9 Å². The lowest BCUT2D eigenvalue weighted by Crippen LogP contribution is -2.44. The minimum atomic E-state index is -0.938. The minimum Gasteiger partial charge on any atom is -0.493 e. The standard InChI is InChI=1S/C27H21ClN2O6S2/c28-20-7-1-18(2-8-20)16-36-22-11-5-19(6-12-22)25(33)29-30-26(34)23(38-27(30)37)15-17-3-9-21(10-4-17)35-14-13-24(31)32/h1-12,15H,13-14,16H2,(H,29,33)(H,31,32)/b23-15+. The number of carbonyl (C=O) groups is 3. The quantitative estimate of drug-likeness (QED) is 0.250. The van der Waals surface area contributed by atoms with Crippen LogP contribution in [-0.4, -0.2) is 38.8 Å². The first-order valence-corrected chi connectivity index (χ1v) is 12.9. The Morgan fingerprint density at radius 1 is 0.974 bits per heavy atom. The second-order valence-corrected chi connectivity index (χ2v) is 10.1. The van der Waals surface area contributed by atoms with Gasteiger partial charge in [0.2, 0.25) is 0 Å². The van der Waals surface area contributed by atoms with Gasteiger partial charge in [-0.1, -0.05) is 47.6 Å². The van der Waals surface area contributed by atoms with Crippen LogP contribution in [0.5, 0.6) is 11.5 Å². The van der Waals surface area contributed by atoms with Crippen molar-refractivity contribution in [2.45, 2.75) is 13.0 Å². The molecule has 0 unspecified atom stereocenters. The van der Waals surface area contributed by atoms with Crippen molar-refractivity contribution in [3.05, 3.63) is 99.4 Å². The van der Waals surface area contributed by atoms with E-state index in [-0.39, 0.29) is 17.3 Å². The summed E-state index contributed by atoms with van der Waals surface area (Å²) < 4.78 is 11.3. The van der Waals surface area contributed by atoms with Gasteiger partial charge >= 0.3 is 5.97 Å². The highest BCUT2D eigenvalue weighted by atomic mass is 35.5. The lowest BCUT2D eigenvalue weighted by molar-refractivity contribution is -0.137. The van der Waals surface area contributed by atoms with Crippen molar-refractivity contribution in [3.8, 4) is 11.5 Å². The molecular formula is C27H21ClN2O6S2. The Labute approximate surface area is 233 Å². The Morgan fingerprint density at radius 2 is 1.61 bits per heavy atom. The van der Waals surface area contributed by atoms with Crippen LogP contribution < -0.4 is 14.9 Å². The molecule has 0 aliphatic carbocycles. The SMILES string of the molecule is O=C(O)CCOc1ccc(/C=C2/SC(=S)N(NC(=O)c3ccc(OCc4ccc(Cl)cc4)cc3)C2=O)cc1. The number of benzene rings is 3. The molecule has 1 saturated heterocycles. The lowest BCUT2D eigenvalue weighted by Gasteiger charge is -2.15. The zero-order chi connectivity index (χ0) is 27.1. The summed E-state index contributed by atoms with van der Waals surface area (Å²) >= 11 is 12.3. The number of nitrogens with zero attached hydrogens (tertiary/aromatic N) is 1. The summed E-state index contributed by atoms with van der Waals surface area (Å²) in [7, 11) is 0. The molecule has 0 aromatic heterocycles. The molecule has 1 aliphatic rings. The van der Waals surface area contributed by atoms with Gasteiger partial charge in [0.05, 0.1) is 17.9 Å². The van der Waals surface area contributed by atoms with Crippen molar-refractivity contribution in [3.63, 3.8) is 0 Å². The fourth-order valence-corrected chi connectivity index (χ4v) is 4.55. The molecule has 3 aromatic rings. The molecule has 1 aliphatic heterocycles. The summed E-state index contributed by atoms with van der Waals surface area (Å²) in [5.41, 5.74) is 4.56. The summed E-state index contributed by atoms with van der Waals surface area (Å²) in [6.07, 6.45) is 1.55. The van der Waals surface area contributed by atoms with Gasteiger partial charge in [0.1, 0.15) is 18.1 Å². The molecule has 0 bridgehead atoms. The number of amides is 2. The first-order valence-electron chi connectivity index (χ1n) is 11.3. The largest absolute Gasteiger partial charge is 0.493 e. The van der Waals surface area contributed by atoms with Gasteiger partial charge < -0.3 is 14.6 Å². The number of thioether (sulfide) groups is 1. The summed E-state index contributed by atoms with van der Waals surface area (Å²) in [4.78, 5) is 36.6. The fourth-order valence-electron chi connectivity index (χ4n) is 3.25. The van der Waals surface area contributed by atoms with Gasteiger partial charge in [-0.05, 0) is 78.0 Å². The van der Waals surface area contributed by atoms with Gasteiger partial charge in [-0.25, -0.2) is 0 Å². The number of thiocarbonyl (C=S) groups is 1. The highest BCUT2D eigenvalue weighted by Gasteiger charge is 2.33. The molecule has 2 N–H and O–H groups in total. The second kappa shape index (κ2) is 12.6. The van der Waals surface area contributed by atoms with E-state index in [4.69, 9.17) is 38.4 Å². The Kier molecular flexibility index (Phi) is 9.01. The van der Waals surface area contributed by atoms with Gasteiger partial charge in [-0.3, -0.25) is 19.8 Å². The molecule has 8 nitrogen and oxygen atoms in total. The third kappa shape index (κ3) is 7.34. The number of rotatable bonds is 10. The molecule has 0 radical (unpaired) electrons. The Morgan fingerprint density at radius 3 is 2.26 bits per heavy atom. The maximum absolute atomic E-state index is 12.9. The molecule has 38 heavy (non-hydrogen) atoms. The van der Waals surface area contributed by atoms with E-state index in [1.807, 2.05) is 12.1 Å². The average Bonchev–Trinajstić information content (AvgIpc) is 3.16. The molecular weight excluding hydrogens is 548 g/mol. The van der Waals surface area contributed by atoms with Gasteiger partial charge in [-0.15, -0.1) is 0 Å². The van der Waals surface area contributed by atoms with Crippen molar-refractivity contribution in [2.75, 3.05) is 6.61 Å². The number of carbonyl (C=O) groups excluding carboxylic acids is 2. The molecule has 4 rings (SSSR count). The Balaban J connectivity index is 1.32. The average molecular weight is 569 g/mol.